The fraction of sp³-hybridized carbons (Fsp3) is 0.364. The Labute approximate surface area is 106 Å². The molecule has 0 bridgehead atoms. The molecular formula is C11H16N2O4S. The largest absolute Gasteiger partial charge is 0.495 e. The Bertz CT molecular complexity index is 540. The number of carbonyl (C=O) groups excluding carboxylic acids is 1. The van der Waals surface area contributed by atoms with Crippen LogP contribution in [0.4, 0.5) is 0 Å². The minimum absolute atomic E-state index is 0.0330. The molecule has 0 aliphatic heterocycles. The predicted octanol–water partition coefficient (Wildman–Crippen LogP) is 0.157. The summed E-state index contributed by atoms with van der Waals surface area (Å²) in [6.45, 7) is 1.75. The lowest BCUT2D eigenvalue weighted by molar-refractivity contribution is -0.117. The van der Waals surface area contributed by atoms with E-state index in [4.69, 9.17) is 10.5 Å². The highest BCUT2D eigenvalue weighted by Crippen LogP contribution is 2.24. The predicted molar refractivity (Wildman–Crippen MR) is 66.7 cm³/mol. The third-order valence-corrected chi connectivity index (χ3v) is 3.75. The van der Waals surface area contributed by atoms with Crippen LogP contribution in [0.2, 0.25) is 0 Å². The van der Waals surface area contributed by atoms with Crippen LogP contribution in [0.3, 0.4) is 0 Å². The summed E-state index contributed by atoms with van der Waals surface area (Å²) < 4.78 is 31.3. The van der Waals surface area contributed by atoms with Crippen molar-refractivity contribution in [1.29, 1.82) is 0 Å². The molecule has 0 aliphatic carbocycles. The molecule has 0 fully saturated rings. The van der Waals surface area contributed by atoms with E-state index in [1.165, 1.54) is 13.2 Å². The van der Waals surface area contributed by atoms with Crippen molar-refractivity contribution >= 4 is 15.9 Å². The minimum Gasteiger partial charge on any atom is -0.495 e. The average molecular weight is 272 g/mol. The van der Waals surface area contributed by atoms with Gasteiger partial charge >= 0.3 is 0 Å². The fourth-order valence-corrected chi connectivity index (χ4v) is 2.66. The fourth-order valence-electron chi connectivity index (χ4n) is 1.38. The van der Waals surface area contributed by atoms with Gasteiger partial charge in [-0.2, -0.15) is 0 Å². The molecule has 0 saturated heterocycles. The lowest BCUT2D eigenvalue weighted by atomic mass is 10.2. The molecule has 0 saturated carbocycles. The van der Waals surface area contributed by atoms with Crippen molar-refractivity contribution in [1.82, 2.24) is 4.72 Å². The van der Waals surface area contributed by atoms with Gasteiger partial charge in [-0.15, -0.1) is 0 Å². The highest BCUT2D eigenvalue weighted by molar-refractivity contribution is 7.89. The molecule has 1 rings (SSSR count). The van der Waals surface area contributed by atoms with Gasteiger partial charge in [-0.1, -0.05) is 6.07 Å². The topological polar surface area (TPSA) is 98.5 Å². The molecule has 7 heteroatoms. The lowest BCUT2D eigenvalue weighted by Gasteiger charge is -2.11. The standard InChI is InChI=1S/C11H16N2O4S/c1-8-3-4-9(17-2)10(7-8)18(15,16)13-6-5-11(12)14/h3-4,7,13H,5-6H2,1-2H3,(H2,12,14). The Hall–Kier alpha value is -1.60. The van der Waals surface area contributed by atoms with Crippen LogP contribution in [-0.4, -0.2) is 28.0 Å². The molecule has 1 amide bonds. The number of amides is 1. The van der Waals surface area contributed by atoms with E-state index in [1.807, 2.05) is 0 Å². The number of sulfonamides is 1. The van der Waals surface area contributed by atoms with Gasteiger partial charge in [-0.05, 0) is 24.6 Å². The van der Waals surface area contributed by atoms with Crippen molar-refractivity contribution in [2.45, 2.75) is 18.2 Å². The number of carbonyl (C=O) groups is 1. The molecule has 3 N–H and O–H groups in total. The van der Waals surface area contributed by atoms with Crippen molar-refractivity contribution < 1.29 is 17.9 Å². The van der Waals surface area contributed by atoms with Crippen LogP contribution >= 0.6 is 0 Å². The summed E-state index contributed by atoms with van der Waals surface area (Å²) in [5, 5.41) is 0. The molecule has 0 spiro atoms. The molecule has 0 atom stereocenters. The number of aryl methyl sites for hydroxylation is 1. The first-order valence-electron chi connectivity index (χ1n) is 5.29. The van der Waals surface area contributed by atoms with Crippen LogP contribution in [0, 0.1) is 6.92 Å². The second-order valence-corrected chi connectivity index (χ2v) is 5.50. The van der Waals surface area contributed by atoms with Crippen LogP contribution in [0.1, 0.15) is 12.0 Å². The van der Waals surface area contributed by atoms with Gasteiger partial charge in [-0.3, -0.25) is 4.79 Å². The molecule has 100 valence electrons. The highest BCUT2D eigenvalue weighted by atomic mass is 32.2. The first-order chi connectivity index (χ1) is 8.36. The maximum Gasteiger partial charge on any atom is 0.244 e. The summed E-state index contributed by atoms with van der Waals surface area (Å²) in [6.07, 6.45) is -0.0483. The summed E-state index contributed by atoms with van der Waals surface area (Å²) in [6, 6.07) is 4.84. The van der Waals surface area contributed by atoms with E-state index in [9.17, 15) is 13.2 Å². The van der Waals surface area contributed by atoms with E-state index in [0.717, 1.165) is 5.56 Å². The summed E-state index contributed by atoms with van der Waals surface area (Å²) in [5.41, 5.74) is 5.74. The number of nitrogens with two attached hydrogens (primary N) is 1. The van der Waals surface area contributed by atoms with Crippen molar-refractivity contribution in [2.75, 3.05) is 13.7 Å². The summed E-state index contributed by atoms with van der Waals surface area (Å²) in [4.78, 5) is 10.6. The number of methoxy groups -OCH3 is 1. The van der Waals surface area contributed by atoms with Gasteiger partial charge < -0.3 is 10.5 Å². The second-order valence-electron chi connectivity index (χ2n) is 3.77. The normalized spacial score (nSPS) is 11.2. The zero-order valence-electron chi connectivity index (χ0n) is 10.3. The van der Waals surface area contributed by atoms with Crippen LogP contribution in [0.15, 0.2) is 23.1 Å². The Morgan fingerprint density at radius 1 is 1.44 bits per heavy atom. The number of primary amides is 1. The smallest absolute Gasteiger partial charge is 0.244 e. The molecule has 0 heterocycles. The van der Waals surface area contributed by atoms with Gasteiger partial charge in [0.1, 0.15) is 10.6 Å². The van der Waals surface area contributed by atoms with E-state index in [0.29, 0.717) is 0 Å². The van der Waals surface area contributed by atoms with Gasteiger partial charge in [-0.25, -0.2) is 13.1 Å². The van der Waals surface area contributed by atoms with Crippen LogP contribution < -0.4 is 15.2 Å². The summed E-state index contributed by atoms with van der Waals surface area (Å²) >= 11 is 0. The monoisotopic (exact) mass is 272 g/mol. The molecule has 0 unspecified atom stereocenters. The van der Waals surface area contributed by atoms with E-state index >= 15 is 0 Å². The first-order valence-corrected chi connectivity index (χ1v) is 6.78. The summed E-state index contributed by atoms with van der Waals surface area (Å²) in [7, 11) is -2.31. The summed E-state index contributed by atoms with van der Waals surface area (Å²) in [5.74, 6) is -0.305. The lowest BCUT2D eigenvalue weighted by Crippen LogP contribution is -2.28. The quantitative estimate of drug-likeness (QED) is 0.770. The first kappa shape index (κ1) is 14.5. The minimum atomic E-state index is -3.70. The highest BCUT2D eigenvalue weighted by Gasteiger charge is 2.19. The Morgan fingerprint density at radius 3 is 2.67 bits per heavy atom. The van der Waals surface area contributed by atoms with E-state index in [1.54, 1.807) is 19.1 Å². The molecule has 1 aromatic carbocycles. The molecule has 0 radical (unpaired) electrons. The number of benzene rings is 1. The zero-order valence-corrected chi connectivity index (χ0v) is 11.1. The molecule has 18 heavy (non-hydrogen) atoms. The van der Waals surface area contributed by atoms with Gasteiger partial charge in [0.15, 0.2) is 0 Å². The van der Waals surface area contributed by atoms with Crippen molar-refractivity contribution in [3.05, 3.63) is 23.8 Å². The van der Waals surface area contributed by atoms with Gasteiger partial charge in [0.25, 0.3) is 0 Å². The number of hydrogen-bond donors (Lipinski definition) is 2. The molecular weight excluding hydrogens is 256 g/mol. The number of hydrogen-bond acceptors (Lipinski definition) is 4. The van der Waals surface area contributed by atoms with Crippen LogP contribution in [-0.2, 0) is 14.8 Å². The Kier molecular flexibility index (Phi) is 4.69. The zero-order chi connectivity index (χ0) is 13.8. The number of nitrogens with one attached hydrogen (secondary N) is 1. The number of rotatable bonds is 6. The molecule has 0 aromatic heterocycles. The Balaban J connectivity index is 2.97. The maximum atomic E-state index is 12.0. The van der Waals surface area contributed by atoms with E-state index < -0.39 is 15.9 Å². The second kappa shape index (κ2) is 5.83. The average Bonchev–Trinajstić information content (AvgIpc) is 2.28. The van der Waals surface area contributed by atoms with Gasteiger partial charge in [0.05, 0.1) is 7.11 Å². The molecule has 1 aromatic rings. The molecule has 6 nitrogen and oxygen atoms in total. The van der Waals surface area contributed by atoms with E-state index in [-0.39, 0.29) is 23.6 Å². The molecule has 0 aliphatic rings. The maximum absolute atomic E-state index is 12.0. The number of ether oxygens (including phenoxy) is 1. The van der Waals surface area contributed by atoms with Crippen molar-refractivity contribution in [3.63, 3.8) is 0 Å². The SMILES string of the molecule is COc1ccc(C)cc1S(=O)(=O)NCCC(N)=O. The third-order valence-electron chi connectivity index (χ3n) is 2.27. The van der Waals surface area contributed by atoms with Gasteiger partial charge in [0, 0.05) is 13.0 Å². The Morgan fingerprint density at radius 2 is 2.11 bits per heavy atom. The third kappa shape index (κ3) is 3.71. The van der Waals surface area contributed by atoms with E-state index in [2.05, 4.69) is 4.72 Å². The van der Waals surface area contributed by atoms with Gasteiger partial charge in [0.2, 0.25) is 15.9 Å². The van der Waals surface area contributed by atoms with Crippen LogP contribution in [0.5, 0.6) is 5.75 Å². The van der Waals surface area contributed by atoms with Crippen molar-refractivity contribution in [3.8, 4) is 5.75 Å². The van der Waals surface area contributed by atoms with Crippen molar-refractivity contribution in [2.24, 2.45) is 5.73 Å². The van der Waals surface area contributed by atoms with Crippen LogP contribution in [0.25, 0.3) is 0 Å².